The van der Waals surface area contributed by atoms with Crippen molar-refractivity contribution in [1.82, 2.24) is 9.71 Å². The molecule has 2 rings (SSSR count). The molecule has 1 aromatic carbocycles. The molecular formula is C16H21ClN4O3S. The molecule has 0 fully saturated rings. The molecule has 0 saturated heterocycles. The first-order chi connectivity index (χ1) is 11.3. The van der Waals surface area contributed by atoms with Crippen LogP contribution in [0.1, 0.15) is 19.5 Å². The number of nitrogens with one attached hydrogen (secondary N) is 2. The lowest BCUT2D eigenvalue weighted by atomic mass is 10.2. The summed E-state index contributed by atoms with van der Waals surface area (Å²) in [7, 11) is -3.54. The van der Waals surface area contributed by atoms with Crippen molar-refractivity contribution in [2.45, 2.75) is 31.2 Å². The number of benzene rings is 1. The van der Waals surface area contributed by atoms with Gasteiger partial charge >= 0.3 is 0 Å². The molecule has 0 bridgehead atoms. The van der Waals surface area contributed by atoms with Gasteiger partial charge in [-0.2, -0.15) is 0 Å². The topological polar surface area (TPSA) is 114 Å². The number of sulfonamides is 1. The van der Waals surface area contributed by atoms with Gasteiger partial charge in [-0.05, 0) is 50.2 Å². The summed E-state index contributed by atoms with van der Waals surface area (Å²) >= 11 is 0. The number of hydrogen-bond donors (Lipinski definition) is 3. The number of nitrogen functional groups attached to an aromatic ring is 1. The normalized spacial score (nSPS) is 11.0. The quantitative estimate of drug-likeness (QED) is 0.704. The number of anilines is 2. The Labute approximate surface area is 153 Å². The Balaban J connectivity index is 0.00000312. The second-order valence-electron chi connectivity index (χ2n) is 5.61. The molecule has 0 aliphatic carbocycles. The predicted octanol–water partition coefficient (Wildman–Crippen LogP) is 1.95. The van der Waals surface area contributed by atoms with Crippen LogP contribution in [0, 0.1) is 0 Å². The molecule has 4 N–H and O–H groups in total. The summed E-state index contributed by atoms with van der Waals surface area (Å²) in [5, 5.41) is 2.70. The summed E-state index contributed by atoms with van der Waals surface area (Å²) in [5.74, 6) is -0.247. The van der Waals surface area contributed by atoms with Gasteiger partial charge in [0.05, 0.1) is 23.2 Å². The number of nitrogens with zero attached hydrogens (tertiary/aromatic N) is 1. The SMILES string of the molecule is CC(C)NS(=O)(=O)c1ccc(NC(=O)Cc2ccc(N)cn2)cc1.Cl. The first kappa shape index (κ1) is 20.9. The van der Waals surface area contributed by atoms with Crippen LogP contribution in [0.15, 0.2) is 47.5 Å². The second-order valence-corrected chi connectivity index (χ2v) is 7.32. The van der Waals surface area contributed by atoms with Gasteiger partial charge in [0.2, 0.25) is 15.9 Å². The molecule has 7 nitrogen and oxygen atoms in total. The minimum atomic E-state index is -3.54. The number of pyridine rings is 1. The monoisotopic (exact) mass is 384 g/mol. The largest absolute Gasteiger partial charge is 0.397 e. The van der Waals surface area contributed by atoms with Crippen molar-refractivity contribution in [2.24, 2.45) is 0 Å². The van der Waals surface area contributed by atoms with E-state index in [2.05, 4.69) is 15.0 Å². The summed E-state index contributed by atoms with van der Waals surface area (Å²) in [6.07, 6.45) is 1.60. The van der Waals surface area contributed by atoms with Crippen LogP contribution >= 0.6 is 12.4 Å². The van der Waals surface area contributed by atoms with E-state index in [9.17, 15) is 13.2 Å². The zero-order chi connectivity index (χ0) is 17.7. The van der Waals surface area contributed by atoms with E-state index in [-0.39, 0.29) is 35.7 Å². The molecule has 0 radical (unpaired) electrons. The molecule has 25 heavy (non-hydrogen) atoms. The van der Waals surface area contributed by atoms with E-state index in [1.807, 2.05) is 0 Å². The summed E-state index contributed by atoms with van der Waals surface area (Å²) in [6.45, 7) is 3.49. The molecule has 0 unspecified atom stereocenters. The summed E-state index contributed by atoms with van der Waals surface area (Å²) < 4.78 is 26.6. The molecule has 1 heterocycles. The third-order valence-electron chi connectivity index (χ3n) is 3.03. The fraction of sp³-hybridized carbons (Fsp3) is 0.250. The Kier molecular flexibility index (Phi) is 7.35. The zero-order valence-corrected chi connectivity index (χ0v) is 15.5. The summed E-state index contributed by atoms with van der Waals surface area (Å²) in [5.41, 5.74) is 7.19. The molecule has 0 atom stereocenters. The number of aromatic nitrogens is 1. The van der Waals surface area contributed by atoms with Crippen LogP contribution in [0.5, 0.6) is 0 Å². The third-order valence-corrected chi connectivity index (χ3v) is 4.70. The zero-order valence-electron chi connectivity index (χ0n) is 13.9. The molecule has 0 saturated carbocycles. The Morgan fingerprint density at radius 1 is 1.16 bits per heavy atom. The van der Waals surface area contributed by atoms with Crippen LogP contribution < -0.4 is 15.8 Å². The van der Waals surface area contributed by atoms with Crippen LogP contribution in [-0.4, -0.2) is 25.4 Å². The van der Waals surface area contributed by atoms with E-state index in [1.165, 1.54) is 18.3 Å². The van der Waals surface area contributed by atoms with Gasteiger partial charge in [-0.3, -0.25) is 9.78 Å². The van der Waals surface area contributed by atoms with Crippen molar-refractivity contribution in [3.05, 3.63) is 48.3 Å². The number of hydrogen-bond acceptors (Lipinski definition) is 5. The maximum absolute atomic E-state index is 12.0. The van der Waals surface area contributed by atoms with Crippen LogP contribution in [-0.2, 0) is 21.2 Å². The average Bonchev–Trinajstić information content (AvgIpc) is 2.49. The second kappa shape index (κ2) is 8.80. The molecule has 1 aromatic heterocycles. The third kappa shape index (κ3) is 6.33. The first-order valence-corrected chi connectivity index (χ1v) is 8.87. The number of carbonyl (C=O) groups excluding carboxylic acids is 1. The van der Waals surface area contributed by atoms with Crippen LogP contribution in [0.25, 0.3) is 0 Å². The minimum Gasteiger partial charge on any atom is -0.397 e. The number of carbonyl (C=O) groups is 1. The molecule has 136 valence electrons. The molecule has 2 aromatic rings. The number of halogens is 1. The Hall–Kier alpha value is -2.16. The summed E-state index contributed by atoms with van der Waals surface area (Å²) in [6, 6.07) is 9.15. The van der Waals surface area contributed by atoms with Gasteiger partial charge in [0, 0.05) is 17.4 Å². The van der Waals surface area contributed by atoms with Gasteiger partial charge in [-0.15, -0.1) is 12.4 Å². The maximum atomic E-state index is 12.0. The molecule has 1 amide bonds. The number of rotatable bonds is 6. The lowest BCUT2D eigenvalue weighted by Crippen LogP contribution is -2.30. The van der Waals surface area contributed by atoms with Gasteiger partial charge in [-0.1, -0.05) is 0 Å². The maximum Gasteiger partial charge on any atom is 0.240 e. The number of amides is 1. The van der Waals surface area contributed by atoms with Crippen molar-refractivity contribution in [3.63, 3.8) is 0 Å². The number of nitrogens with two attached hydrogens (primary N) is 1. The highest BCUT2D eigenvalue weighted by atomic mass is 35.5. The highest BCUT2D eigenvalue weighted by molar-refractivity contribution is 7.89. The van der Waals surface area contributed by atoms with Crippen LogP contribution in [0.4, 0.5) is 11.4 Å². The van der Waals surface area contributed by atoms with Crippen molar-refractivity contribution >= 4 is 39.7 Å². The van der Waals surface area contributed by atoms with Crippen molar-refractivity contribution in [2.75, 3.05) is 11.1 Å². The lowest BCUT2D eigenvalue weighted by Gasteiger charge is -2.10. The van der Waals surface area contributed by atoms with Crippen LogP contribution in [0.2, 0.25) is 0 Å². The highest BCUT2D eigenvalue weighted by Gasteiger charge is 2.15. The standard InChI is InChI=1S/C16H20N4O3S.ClH/c1-11(2)20-24(22,23)15-7-5-13(6-8-15)19-16(21)9-14-4-3-12(17)10-18-14;/h3-8,10-11,20H,9,17H2,1-2H3,(H,19,21);1H. The minimum absolute atomic E-state index is 0. The fourth-order valence-corrected chi connectivity index (χ4v) is 3.26. The molecule has 0 aliphatic rings. The Morgan fingerprint density at radius 3 is 2.32 bits per heavy atom. The van der Waals surface area contributed by atoms with Gasteiger partial charge < -0.3 is 11.1 Å². The van der Waals surface area contributed by atoms with E-state index in [0.717, 1.165) is 0 Å². The summed E-state index contributed by atoms with van der Waals surface area (Å²) in [4.78, 5) is 16.2. The first-order valence-electron chi connectivity index (χ1n) is 7.39. The van der Waals surface area contributed by atoms with Gasteiger partial charge in [-0.25, -0.2) is 13.1 Å². The van der Waals surface area contributed by atoms with Gasteiger partial charge in [0.25, 0.3) is 0 Å². The smallest absolute Gasteiger partial charge is 0.240 e. The predicted molar refractivity (Wildman–Crippen MR) is 100 cm³/mol. The fourth-order valence-electron chi connectivity index (χ4n) is 2.01. The molecule has 0 spiro atoms. The molecule has 0 aliphatic heterocycles. The average molecular weight is 385 g/mol. The van der Waals surface area contributed by atoms with Gasteiger partial charge in [0.1, 0.15) is 0 Å². The van der Waals surface area contributed by atoms with E-state index < -0.39 is 10.0 Å². The Bertz CT molecular complexity index is 806. The van der Waals surface area contributed by atoms with Crippen LogP contribution in [0.3, 0.4) is 0 Å². The van der Waals surface area contributed by atoms with E-state index in [1.54, 1.807) is 38.1 Å². The van der Waals surface area contributed by atoms with E-state index >= 15 is 0 Å². The van der Waals surface area contributed by atoms with E-state index in [4.69, 9.17) is 5.73 Å². The Morgan fingerprint density at radius 2 is 1.80 bits per heavy atom. The van der Waals surface area contributed by atoms with Crippen molar-refractivity contribution in [1.29, 1.82) is 0 Å². The lowest BCUT2D eigenvalue weighted by molar-refractivity contribution is -0.115. The van der Waals surface area contributed by atoms with Gasteiger partial charge in [0.15, 0.2) is 0 Å². The molecular weight excluding hydrogens is 364 g/mol. The molecule has 9 heteroatoms. The van der Waals surface area contributed by atoms with Crippen molar-refractivity contribution in [3.8, 4) is 0 Å². The van der Waals surface area contributed by atoms with E-state index in [0.29, 0.717) is 17.1 Å². The highest BCUT2D eigenvalue weighted by Crippen LogP contribution is 2.15. The van der Waals surface area contributed by atoms with Crippen molar-refractivity contribution < 1.29 is 13.2 Å².